The lowest BCUT2D eigenvalue weighted by Crippen LogP contribution is -2.01. The topological polar surface area (TPSA) is 20.2 Å². The van der Waals surface area contributed by atoms with E-state index >= 15 is 0 Å². The fourth-order valence-corrected chi connectivity index (χ4v) is 2.76. The second-order valence-electron chi connectivity index (χ2n) is 4.16. The molecule has 94 valence electrons. The van der Waals surface area contributed by atoms with Gasteiger partial charge in [0.05, 0.1) is 6.10 Å². The fourth-order valence-electron chi connectivity index (χ4n) is 1.64. The molecule has 1 atom stereocenters. The van der Waals surface area contributed by atoms with Crippen molar-refractivity contribution in [2.75, 3.05) is 5.75 Å². The molecule has 0 aliphatic carbocycles. The molecule has 2 aromatic carbocycles. The molecule has 0 spiro atoms. The van der Waals surface area contributed by atoms with E-state index in [0.29, 0.717) is 10.8 Å². The molecule has 0 radical (unpaired) electrons. The molecule has 0 saturated carbocycles. The van der Waals surface area contributed by atoms with Crippen LogP contribution in [0.4, 0.5) is 0 Å². The Kier molecular flexibility index (Phi) is 4.70. The van der Waals surface area contributed by atoms with E-state index in [1.165, 1.54) is 5.56 Å². The number of hydrogen-bond acceptors (Lipinski definition) is 2. The highest BCUT2D eigenvalue weighted by Gasteiger charge is 2.11. The van der Waals surface area contributed by atoms with Crippen LogP contribution in [0.2, 0.25) is 5.02 Å². The molecule has 0 bridgehead atoms. The Bertz CT molecular complexity index is 510. The Hall–Kier alpha value is -0.960. The van der Waals surface area contributed by atoms with Crippen LogP contribution in [-0.2, 0) is 0 Å². The van der Waals surface area contributed by atoms with Gasteiger partial charge in [0.25, 0.3) is 0 Å². The average molecular weight is 279 g/mol. The van der Waals surface area contributed by atoms with Crippen molar-refractivity contribution in [3.05, 3.63) is 64.7 Å². The van der Waals surface area contributed by atoms with Gasteiger partial charge in [-0.3, -0.25) is 0 Å². The molecule has 1 nitrogen and oxygen atoms in total. The van der Waals surface area contributed by atoms with Gasteiger partial charge < -0.3 is 5.11 Å². The Morgan fingerprint density at radius 3 is 2.44 bits per heavy atom. The van der Waals surface area contributed by atoms with Gasteiger partial charge in [-0.2, -0.15) is 0 Å². The third kappa shape index (κ3) is 3.52. The van der Waals surface area contributed by atoms with E-state index in [1.54, 1.807) is 17.8 Å². The minimum absolute atomic E-state index is 0.537. The van der Waals surface area contributed by atoms with Crippen molar-refractivity contribution < 1.29 is 5.11 Å². The lowest BCUT2D eigenvalue weighted by atomic mass is 10.1. The molecule has 0 aliphatic heterocycles. The summed E-state index contributed by atoms with van der Waals surface area (Å²) in [6, 6.07) is 15.7. The lowest BCUT2D eigenvalue weighted by Gasteiger charge is -2.12. The van der Waals surface area contributed by atoms with Crippen LogP contribution in [0.25, 0.3) is 0 Å². The normalized spacial score (nSPS) is 12.4. The first-order valence-corrected chi connectivity index (χ1v) is 7.15. The zero-order valence-corrected chi connectivity index (χ0v) is 11.7. The fraction of sp³-hybridized carbons (Fsp3) is 0.200. The number of aliphatic hydroxyl groups is 1. The Morgan fingerprint density at radius 2 is 1.78 bits per heavy atom. The summed E-state index contributed by atoms with van der Waals surface area (Å²) in [6.07, 6.45) is -0.537. The molecule has 0 heterocycles. The van der Waals surface area contributed by atoms with Crippen molar-refractivity contribution in [1.29, 1.82) is 0 Å². The SMILES string of the molecule is Cc1ccc(SCC(O)c2ccccc2Cl)cc1. The highest BCUT2D eigenvalue weighted by atomic mass is 35.5. The Labute approximate surface area is 117 Å². The third-order valence-corrected chi connectivity index (χ3v) is 4.13. The molecule has 0 aromatic heterocycles. The molecule has 3 heteroatoms. The van der Waals surface area contributed by atoms with E-state index < -0.39 is 6.10 Å². The first-order valence-electron chi connectivity index (χ1n) is 5.79. The number of halogens is 1. The van der Waals surface area contributed by atoms with Crippen molar-refractivity contribution in [2.24, 2.45) is 0 Å². The maximum absolute atomic E-state index is 10.1. The van der Waals surface area contributed by atoms with Gasteiger partial charge in [-0.25, -0.2) is 0 Å². The number of benzene rings is 2. The molecule has 2 aromatic rings. The number of aliphatic hydroxyl groups excluding tert-OH is 1. The second-order valence-corrected chi connectivity index (χ2v) is 5.66. The van der Waals surface area contributed by atoms with Gasteiger partial charge >= 0.3 is 0 Å². The molecule has 1 N–H and O–H groups in total. The number of aryl methyl sites for hydroxylation is 1. The Morgan fingerprint density at radius 1 is 1.11 bits per heavy atom. The van der Waals surface area contributed by atoms with Gasteiger partial charge in [0.15, 0.2) is 0 Å². The molecule has 2 rings (SSSR count). The van der Waals surface area contributed by atoms with Gasteiger partial charge in [0, 0.05) is 15.7 Å². The van der Waals surface area contributed by atoms with Crippen molar-refractivity contribution in [3.63, 3.8) is 0 Å². The van der Waals surface area contributed by atoms with Crippen LogP contribution < -0.4 is 0 Å². The molecule has 0 amide bonds. The van der Waals surface area contributed by atoms with E-state index in [-0.39, 0.29) is 0 Å². The summed E-state index contributed by atoms with van der Waals surface area (Å²) in [5, 5.41) is 10.7. The van der Waals surface area contributed by atoms with Crippen LogP contribution in [0.1, 0.15) is 17.2 Å². The zero-order valence-electron chi connectivity index (χ0n) is 10.1. The van der Waals surface area contributed by atoms with E-state index in [4.69, 9.17) is 11.6 Å². The third-order valence-electron chi connectivity index (χ3n) is 2.69. The maximum Gasteiger partial charge on any atom is 0.0898 e. The van der Waals surface area contributed by atoms with Crippen LogP contribution in [0.15, 0.2) is 53.4 Å². The van der Waals surface area contributed by atoms with E-state index in [9.17, 15) is 5.11 Å². The van der Waals surface area contributed by atoms with Crippen LogP contribution in [0, 0.1) is 6.92 Å². The van der Waals surface area contributed by atoms with Crippen LogP contribution in [0.3, 0.4) is 0 Å². The summed E-state index contributed by atoms with van der Waals surface area (Å²) in [7, 11) is 0. The number of rotatable bonds is 4. The molecule has 0 saturated heterocycles. The summed E-state index contributed by atoms with van der Waals surface area (Å²) in [5.41, 5.74) is 2.03. The second kappa shape index (κ2) is 6.28. The minimum Gasteiger partial charge on any atom is -0.387 e. The van der Waals surface area contributed by atoms with Gasteiger partial charge in [0.2, 0.25) is 0 Å². The van der Waals surface area contributed by atoms with Gasteiger partial charge in [-0.1, -0.05) is 47.5 Å². The standard InChI is InChI=1S/C15H15ClOS/c1-11-6-8-12(9-7-11)18-10-15(17)13-4-2-3-5-14(13)16/h2-9,15,17H,10H2,1H3. The maximum atomic E-state index is 10.1. The number of thioether (sulfide) groups is 1. The smallest absolute Gasteiger partial charge is 0.0898 e. The quantitative estimate of drug-likeness (QED) is 0.833. The molecular formula is C15H15ClOS. The summed E-state index contributed by atoms with van der Waals surface area (Å²) in [6.45, 7) is 2.06. The van der Waals surface area contributed by atoms with Crippen LogP contribution >= 0.6 is 23.4 Å². The summed E-state index contributed by atoms with van der Waals surface area (Å²) >= 11 is 7.68. The largest absolute Gasteiger partial charge is 0.387 e. The zero-order chi connectivity index (χ0) is 13.0. The first-order chi connectivity index (χ1) is 8.66. The van der Waals surface area contributed by atoms with E-state index in [0.717, 1.165) is 10.5 Å². The Balaban J connectivity index is 1.98. The van der Waals surface area contributed by atoms with Crippen molar-refractivity contribution in [2.45, 2.75) is 17.9 Å². The lowest BCUT2D eigenvalue weighted by molar-refractivity contribution is 0.204. The summed E-state index contributed by atoms with van der Waals surface area (Å²) < 4.78 is 0. The average Bonchev–Trinajstić information content (AvgIpc) is 2.38. The molecular weight excluding hydrogens is 264 g/mol. The molecule has 0 fully saturated rings. The van der Waals surface area contributed by atoms with Crippen LogP contribution in [-0.4, -0.2) is 10.9 Å². The van der Waals surface area contributed by atoms with Crippen molar-refractivity contribution in [1.82, 2.24) is 0 Å². The highest BCUT2D eigenvalue weighted by Crippen LogP contribution is 2.28. The van der Waals surface area contributed by atoms with Crippen molar-refractivity contribution >= 4 is 23.4 Å². The monoisotopic (exact) mass is 278 g/mol. The van der Waals surface area contributed by atoms with Crippen molar-refractivity contribution in [3.8, 4) is 0 Å². The minimum atomic E-state index is -0.537. The van der Waals surface area contributed by atoms with Crippen LogP contribution in [0.5, 0.6) is 0 Å². The highest BCUT2D eigenvalue weighted by molar-refractivity contribution is 7.99. The molecule has 1 unspecified atom stereocenters. The van der Waals surface area contributed by atoms with E-state index in [2.05, 4.69) is 31.2 Å². The first kappa shape index (κ1) is 13.5. The van der Waals surface area contributed by atoms with Gasteiger partial charge in [-0.15, -0.1) is 11.8 Å². The predicted octanol–water partition coefficient (Wildman–Crippen LogP) is 4.47. The van der Waals surface area contributed by atoms with E-state index in [1.807, 2.05) is 18.2 Å². The summed E-state index contributed by atoms with van der Waals surface area (Å²) in [4.78, 5) is 1.16. The van der Waals surface area contributed by atoms with Gasteiger partial charge in [-0.05, 0) is 30.7 Å². The van der Waals surface area contributed by atoms with Gasteiger partial charge in [0.1, 0.15) is 0 Å². The number of hydrogen-bond donors (Lipinski definition) is 1. The summed E-state index contributed by atoms with van der Waals surface area (Å²) in [5.74, 6) is 0.604. The molecule has 18 heavy (non-hydrogen) atoms. The molecule has 0 aliphatic rings. The predicted molar refractivity (Wildman–Crippen MR) is 78.3 cm³/mol.